The lowest BCUT2D eigenvalue weighted by atomic mass is 9.88. The number of rotatable bonds is 1. The van der Waals surface area contributed by atoms with Gasteiger partial charge in [-0.1, -0.05) is 13.0 Å². The maximum Gasteiger partial charge on any atom is 0.123 e. The highest BCUT2D eigenvalue weighted by Crippen LogP contribution is 2.35. The lowest BCUT2D eigenvalue weighted by molar-refractivity contribution is 0.604. The summed E-state index contributed by atoms with van der Waals surface area (Å²) in [6.07, 6.45) is 3.19. The highest BCUT2D eigenvalue weighted by atomic mass is 19.1. The van der Waals surface area contributed by atoms with E-state index in [1.165, 1.54) is 6.07 Å². The van der Waals surface area contributed by atoms with Crippen LogP contribution < -0.4 is 5.32 Å². The van der Waals surface area contributed by atoms with Gasteiger partial charge < -0.3 is 5.32 Å². The van der Waals surface area contributed by atoms with Gasteiger partial charge in [-0.3, -0.25) is 0 Å². The first kappa shape index (κ1) is 10.2. The second kappa shape index (κ2) is 3.37. The molecule has 0 radical (unpaired) electrons. The third-order valence-corrected chi connectivity index (χ3v) is 3.10. The molecule has 1 aliphatic rings. The Kier molecular flexibility index (Phi) is 2.29. The van der Waals surface area contributed by atoms with E-state index in [0.29, 0.717) is 0 Å². The van der Waals surface area contributed by atoms with Crippen LogP contribution in [-0.2, 0) is 0 Å². The topological polar surface area (TPSA) is 12.0 Å². The minimum Gasteiger partial charge on any atom is -0.376 e. The molecule has 1 atom stereocenters. The van der Waals surface area contributed by atoms with E-state index in [1.54, 1.807) is 6.07 Å². The van der Waals surface area contributed by atoms with Crippen LogP contribution in [0.5, 0.6) is 0 Å². The molecule has 1 aromatic carbocycles. The molecular formula is C13H16FN. The predicted molar refractivity (Wildman–Crippen MR) is 62.4 cm³/mol. The first-order chi connectivity index (χ1) is 7.04. The molecular weight excluding hydrogens is 189 g/mol. The van der Waals surface area contributed by atoms with Crippen molar-refractivity contribution < 1.29 is 4.39 Å². The van der Waals surface area contributed by atoms with Crippen molar-refractivity contribution in [1.82, 2.24) is 0 Å². The fraction of sp³-hybridized carbons (Fsp3) is 0.385. The quantitative estimate of drug-likeness (QED) is 0.734. The van der Waals surface area contributed by atoms with Crippen LogP contribution >= 0.6 is 0 Å². The van der Waals surface area contributed by atoms with Gasteiger partial charge in [-0.25, -0.2) is 4.39 Å². The summed E-state index contributed by atoms with van der Waals surface area (Å²) in [5.41, 5.74) is 3.14. The summed E-state index contributed by atoms with van der Waals surface area (Å²) < 4.78 is 13.1. The molecule has 1 N–H and O–H groups in total. The molecule has 15 heavy (non-hydrogen) atoms. The van der Waals surface area contributed by atoms with Gasteiger partial charge in [0.15, 0.2) is 0 Å². The zero-order valence-electron chi connectivity index (χ0n) is 9.39. The molecule has 0 aromatic heterocycles. The van der Waals surface area contributed by atoms with Gasteiger partial charge in [0, 0.05) is 11.3 Å². The molecule has 0 saturated carbocycles. The Morgan fingerprint density at radius 2 is 2.13 bits per heavy atom. The van der Waals surface area contributed by atoms with E-state index in [-0.39, 0.29) is 11.4 Å². The van der Waals surface area contributed by atoms with Crippen LogP contribution in [0.1, 0.15) is 32.8 Å². The molecule has 0 spiro atoms. The van der Waals surface area contributed by atoms with E-state index in [0.717, 1.165) is 23.2 Å². The summed E-state index contributed by atoms with van der Waals surface area (Å²) in [7, 11) is 0. The average molecular weight is 205 g/mol. The van der Waals surface area contributed by atoms with Gasteiger partial charge >= 0.3 is 0 Å². The number of anilines is 1. The number of hydrogen-bond donors (Lipinski definition) is 1. The van der Waals surface area contributed by atoms with E-state index < -0.39 is 0 Å². The van der Waals surface area contributed by atoms with Crippen LogP contribution in [-0.4, -0.2) is 5.54 Å². The van der Waals surface area contributed by atoms with Crippen LogP contribution in [0.15, 0.2) is 24.3 Å². The molecule has 80 valence electrons. The van der Waals surface area contributed by atoms with Crippen LogP contribution in [0.2, 0.25) is 0 Å². The van der Waals surface area contributed by atoms with Crippen LogP contribution in [0.3, 0.4) is 0 Å². The average Bonchev–Trinajstić information content (AvgIpc) is 2.20. The van der Waals surface area contributed by atoms with Crippen molar-refractivity contribution in [2.75, 3.05) is 5.32 Å². The lowest BCUT2D eigenvalue weighted by Gasteiger charge is -2.33. The molecule has 2 heteroatoms. The normalized spacial score (nSPS) is 24.1. The molecule has 1 heterocycles. The fourth-order valence-electron chi connectivity index (χ4n) is 2.04. The Morgan fingerprint density at radius 1 is 1.40 bits per heavy atom. The SMILES string of the molecule is CCC1(C)C=C(C)c2cc(F)ccc2N1. The molecule has 2 rings (SSSR count). The Labute approximate surface area is 90.0 Å². The van der Waals surface area contributed by atoms with Gasteiger partial charge in [0.2, 0.25) is 0 Å². The summed E-state index contributed by atoms with van der Waals surface area (Å²) in [5, 5.41) is 3.44. The Bertz CT molecular complexity index is 423. The molecule has 0 saturated heterocycles. The molecule has 0 fully saturated rings. The van der Waals surface area contributed by atoms with Gasteiger partial charge in [0.25, 0.3) is 0 Å². The van der Waals surface area contributed by atoms with E-state index in [9.17, 15) is 4.39 Å². The summed E-state index contributed by atoms with van der Waals surface area (Å²) in [5.74, 6) is -0.177. The Balaban J connectivity index is 2.51. The van der Waals surface area contributed by atoms with Crippen molar-refractivity contribution in [2.45, 2.75) is 32.7 Å². The van der Waals surface area contributed by atoms with E-state index in [1.807, 2.05) is 13.0 Å². The van der Waals surface area contributed by atoms with Crippen LogP contribution in [0, 0.1) is 5.82 Å². The fourth-order valence-corrected chi connectivity index (χ4v) is 2.04. The van der Waals surface area contributed by atoms with Crippen molar-refractivity contribution in [3.05, 3.63) is 35.7 Å². The number of allylic oxidation sites excluding steroid dienone is 1. The molecule has 1 nitrogen and oxygen atoms in total. The summed E-state index contributed by atoms with van der Waals surface area (Å²) in [6.45, 7) is 6.33. The Morgan fingerprint density at radius 3 is 2.80 bits per heavy atom. The van der Waals surface area contributed by atoms with Gasteiger partial charge in [0.05, 0.1) is 5.54 Å². The first-order valence-electron chi connectivity index (χ1n) is 5.32. The number of benzene rings is 1. The maximum absolute atomic E-state index is 13.1. The van der Waals surface area contributed by atoms with E-state index in [2.05, 4.69) is 25.2 Å². The van der Waals surface area contributed by atoms with Crippen molar-refractivity contribution in [3.63, 3.8) is 0 Å². The summed E-state index contributed by atoms with van der Waals surface area (Å²) >= 11 is 0. The minimum atomic E-state index is -0.177. The minimum absolute atomic E-state index is 0.00505. The molecule has 1 aromatic rings. The van der Waals surface area contributed by atoms with Gasteiger partial charge in [-0.05, 0) is 44.0 Å². The summed E-state index contributed by atoms with van der Waals surface area (Å²) in [4.78, 5) is 0. The standard InChI is InChI=1S/C13H16FN/c1-4-13(3)8-9(2)11-7-10(14)5-6-12(11)15-13/h5-8,15H,4H2,1-3H3. The zero-order chi connectivity index (χ0) is 11.1. The second-order valence-electron chi connectivity index (χ2n) is 4.41. The smallest absolute Gasteiger partial charge is 0.123 e. The number of halogens is 1. The van der Waals surface area contributed by atoms with Crippen molar-refractivity contribution in [2.24, 2.45) is 0 Å². The zero-order valence-corrected chi connectivity index (χ0v) is 9.39. The molecule has 0 amide bonds. The maximum atomic E-state index is 13.1. The second-order valence-corrected chi connectivity index (χ2v) is 4.41. The first-order valence-corrected chi connectivity index (χ1v) is 5.32. The van der Waals surface area contributed by atoms with Gasteiger partial charge in [-0.2, -0.15) is 0 Å². The van der Waals surface area contributed by atoms with Crippen molar-refractivity contribution in [3.8, 4) is 0 Å². The van der Waals surface area contributed by atoms with Crippen LogP contribution in [0.4, 0.5) is 10.1 Å². The van der Waals surface area contributed by atoms with E-state index >= 15 is 0 Å². The van der Waals surface area contributed by atoms with Crippen LogP contribution in [0.25, 0.3) is 5.57 Å². The molecule has 1 aliphatic heterocycles. The Hall–Kier alpha value is -1.31. The highest BCUT2D eigenvalue weighted by molar-refractivity contribution is 5.80. The molecule has 1 unspecified atom stereocenters. The summed E-state index contributed by atoms with van der Waals surface area (Å²) in [6, 6.07) is 4.90. The predicted octanol–water partition coefficient (Wildman–Crippen LogP) is 3.82. The largest absolute Gasteiger partial charge is 0.376 e. The monoisotopic (exact) mass is 205 g/mol. The molecule has 0 aliphatic carbocycles. The lowest BCUT2D eigenvalue weighted by Crippen LogP contribution is -2.34. The third-order valence-electron chi connectivity index (χ3n) is 3.10. The third kappa shape index (κ3) is 1.76. The van der Waals surface area contributed by atoms with Crippen molar-refractivity contribution in [1.29, 1.82) is 0 Å². The number of hydrogen-bond acceptors (Lipinski definition) is 1. The highest BCUT2D eigenvalue weighted by Gasteiger charge is 2.25. The number of nitrogens with one attached hydrogen (secondary N) is 1. The van der Waals surface area contributed by atoms with Gasteiger partial charge in [-0.15, -0.1) is 0 Å². The molecule has 0 bridgehead atoms. The number of fused-ring (bicyclic) bond motifs is 1. The van der Waals surface area contributed by atoms with E-state index in [4.69, 9.17) is 0 Å². The van der Waals surface area contributed by atoms with Gasteiger partial charge in [0.1, 0.15) is 5.82 Å². The van der Waals surface area contributed by atoms with Crippen molar-refractivity contribution >= 4 is 11.3 Å².